The van der Waals surface area contributed by atoms with Crippen LogP contribution in [0.15, 0.2) is 47.4 Å². The number of nitrogens with zero attached hydrogens (tertiary/aromatic N) is 1. The second-order valence-electron chi connectivity index (χ2n) is 6.73. The second-order valence-corrected chi connectivity index (χ2v) is 7.14. The highest BCUT2D eigenvalue weighted by Gasteiger charge is 2.34. The van der Waals surface area contributed by atoms with Crippen molar-refractivity contribution in [3.63, 3.8) is 0 Å². The maximum atomic E-state index is 13.4. The Morgan fingerprint density at radius 1 is 1.13 bits per heavy atom. The molecule has 3 rings (SSSR count). The highest BCUT2D eigenvalue weighted by molar-refractivity contribution is 6.35. The molecule has 1 heterocycles. The fraction of sp³-hybridized carbons (Fsp3) is 0.238. The average molecular weight is 441 g/mol. The molecule has 0 spiro atoms. The predicted octanol–water partition coefficient (Wildman–Crippen LogP) is 5.40. The fourth-order valence-electron chi connectivity index (χ4n) is 3.15. The number of pyridine rings is 1. The van der Waals surface area contributed by atoms with Gasteiger partial charge in [0, 0.05) is 23.5 Å². The molecule has 0 saturated heterocycles. The van der Waals surface area contributed by atoms with Gasteiger partial charge in [0.2, 0.25) is 5.91 Å². The minimum Gasteiger partial charge on any atom is -0.324 e. The van der Waals surface area contributed by atoms with Crippen LogP contribution in [0, 0.1) is 5.82 Å². The zero-order valence-electron chi connectivity index (χ0n) is 15.8. The van der Waals surface area contributed by atoms with Gasteiger partial charge < -0.3 is 9.88 Å². The van der Waals surface area contributed by atoms with E-state index in [0.29, 0.717) is 29.4 Å². The zero-order chi connectivity index (χ0) is 22.1. The molecule has 0 saturated carbocycles. The van der Waals surface area contributed by atoms with E-state index in [1.54, 1.807) is 22.9 Å². The van der Waals surface area contributed by atoms with E-state index < -0.39 is 29.9 Å². The van der Waals surface area contributed by atoms with Crippen molar-refractivity contribution in [1.29, 1.82) is 0 Å². The summed E-state index contributed by atoms with van der Waals surface area (Å²) in [7, 11) is 0. The third-order valence-electron chi connectivity index (χ3n) is 4.54. The number of benzene rings is 2. The van der Waals surface area contributed by atoms with Crippen LogP contribution in [-0.2, 0) is 23.9 Å². The monoisotopic (exact) mass is 440 g/mol. The Bertz CT molecular complexity index is 1170. The van der Waals surface area contributed by atoms with E-state index >= 15 is 0 Å². The number of carbonyl (C=O) groups is 1. The molecule has 4 nitrogen and oxygen atoms in total. The standard InChI is InChI=1S/C21H17ClF4N2O2/c1-2-8-28-9-7-13-14(20(28)30)4-5-16(22)19(13)27-18(29)11-12-3-6-17(23)15(10-12)21(24,25)26/h3-7,9-10H,2,8,11H2,1H3,(H,27,29). The highest BCUT2D eigenvalue weighted by atomic mass is 35.5. The number of fused-ring (bicyclic) bond motifs is 1. The van der Waals surface area contributed by atoms with Crippen LogP contribution in [0.25, 0.3) is 10.8 Å². The Balaban J connectivity index is 1.91. The summed E-state index contributed by atoms with van der Waals surface area (Å²) >= 11 is 6.19. The molecule has 0 unspecified atom stereocenters. The fourth-order valence-corrected chi connectivity index (χ4v) is 3.36. The molecular formula is C21H17ClF4N2O2. The van der Waals surface area contributed by atoms with Crippen LogP contribution < -0.4 is 10.9 Å². The number of halogens is 5. The first-order chi connectivity index (χ1) is 14.1. The number of hydrogen-bond donors (Lipinski definition) is 1. The summed E-state index contributed by atoms with van der Waals surface area (Å²) in [6, 6.07) is 7.05. The Hall–Kier alpha value is -2.87. The number of alkyl halides is 3. The molecule has 1 amide bonds. The van der Waals surface area contributed by atoms with Gasteiger partial charge in [-0.15, -0.1) is 0 Å². The summed E-state index contributed by atoms with van der Waals surface area (Å²) in [5.74, 6) is -2.06. The van der Waals surface area contributed by atoms with Crippen molar-refractivity contribution in [1.82, 2.24) is 4.57 Å². The van der Waals surface area contributed by atoms with Gasteiger partial charge in [-0.1, -0.05) is 24.6 Å². The van der Waals surface area contributed by atoms with Crippen LogP contribution in [0.3, 0.4) is 0 Å². The average Bonchev–Trinajstić information content (AvgIpc) is 2.67. The van der Waals surface area contributed by atoms with E-state index in [4.69, 9.17) is 11.6 Å². The molecule has 3 aromatic rings. The van der Waals surface area contributed by atoms with Crippen molar-refractivity contribution >= 4 is 34.0 Å². The first kappa shape index (κ1) is 21.8. The van der Waals surface area contributed by atoms with Gasteiger partial charge in [0.05, 0.1) is 22.7 Å². The molecule has 0 fully saturated rings. The van der Waals surface area contributed by atoms with E-state index in [-0.39, 0.29) is 21.8 Å². The molecule has 1 aromatic heterocycles. The third kappa shape index (κ3) is 4.48. The number of anilines is 1. The van der Waals surface area contributed by atoms with Crippen LogP contribution in [0.4, 0.5) is 23.2 Å². The van der Waals surface area contributed by atoms with E-state index in [2.05, 4.69) is 5.32 Å². The molecule has 0 radical (unpaired) electrons. The first-order valence-corrected chi connectivity index (χ1v) is 9.46. The summed E-state index contributed by atoms with van der Waals surface area (Å²) in [5.41, 5.74) is -1.50. The highest BCUT2D eigenvalue weighted by Crippen LogP contribution is 2.33. The number of aryl methyl sites for hydroxylation is 1. The molecule has 9 heteroatoms. The number of carbonyl (C=O) groups excluding carboxylic acids is 1. The maximum absolute atomic E-state index is 13.4. The van der Waals surface area contributed by atoms with Gasteiger partial charge in [-0.3, -0.25) is 9.59 Å². The lowest BCUT2D eigenvalue weighted by atomic mass is 10.1. The van der Waals surface area contributed by atoms with Crippen molar-refractivity contribution in [3.05, 3.63) is 74.9 Å². The summed E-state index contributed by atoms with van der Waals surface area (Å²) in [5, 5.41) is 3.51. The van der Waals surface area contributed by atoms with Gasteiger partial charge in [-0.2, -0.15) is 13.2 Å². The van der Waals surface area contributed by atoms with Crippen molar-refractivity contribution in [2.75, 3.05) is 5.32 Å². The molecule has 0 aliphatic heterocycles. The van der Waals surface area contributed by atoms with E-state index in [1.165, 1.54) is 6.07 Å². The van der Waals surface area contributed by atoms with Crippen molar-refractivity contribution < 1.29 is 22.4 Å². The van der Waals surface area contributed by atoms with Gasteiger partial charge in [0.15, 0.2) is 0 Å². The number of hydrogen-bond acceptors (Lipinski definition) is 2. The summed E-state index contributed by atoms with van der Waals surface area (Å²) in [6.07, 6.45) is -2.94. The second kappa shape index (κ2) is 8.47. The lowest BCUT2D eigenvalue weighted by Crippen LogP contribution is -2.20. The van der Waals surface area contributed by atoms with Crippen molar-refractivity contribution in [3.8, 4) is 0 Å². The largest absolute Gasteiger partial charge is 0.419 e. The quantitative estimate of drug-likeness (QED) is 0.540. The number of aromatic nitrogens is 1. The first-order valence-electron chi connectivity index (χ1n) is 9.09. The Morgan fingerprint density at radius 3 is 2.53 bits per heavy atom. The molecule has 1 N–H and O–H groups in total. The minimum atomic E-state index is -4.87. The van der Waals surface area contributed by atoms with Gasteiger partial charge in [-0.25, -0.2) is 4.39 Å². The Morgan fingerprint density at radius 2 is 1.87 bits per heavy atom. The van der Waals surface area contributed by atoms with Crippen LogP contribution in [-0.4, -0.2) is 10.5 Å². The normalized spacial score (nSPS) is 11.7. The van der Waals surface area contributed by atoms with Gasteiger partial charge in [-0.05, 0) is 42.3 Å². The van der Waals surface area contributed by atoms with Crippen LogP contribution in [0.2, 0.25) is 5.02 Å². The Kier molecular flexibility index (Phi) is 6.17. The molecular weight excluding hydrogens is 424 g/mol. The molecule has 0 atom stereocenters. The predicted molar refractivity (Wildman–Crippen MR) is 107 cm³/mol. The molecule has 0 bridgehead atoms. The smallest absolute Gasteiger partial charge is 0.324 e. The Labute approximate surface area is 174 Å². The van der Waals surface area contributed by atoms with Crippen molar-refractivity contribution in [2.24, 2.45) is 0 Å². The van der Waals surface area contributed by atoms with Crippen LogP contribution in [0.1, 0.15) is 24.5 Å². The maximum Gasteiger partial charge on any atom is 0.419 e. The number of nitrogens with one attached hydrogen (secondary N) is 1. The molecule has 158 valence electrons. The topological polar surface area (TPSA) is 51.1 Å². The van der Waals surface area contributed by atoms with Gasteiger partial charge in [0.1, 0.15) is 5.82 Å². The van der Waals surface area contributed by atoms with Gasteiger partial charge in [0.25, 0.3) is 5.56 Å². The minimum absolute atomic E-state index is 0.0112. The number of amides is 1. The molecule has 2 aromatic carbocycles. The molecule has 0 aliphatic rings. The zero-order valence-corrected chi connectivity index (χ0v) is 16.6. The van der Waals surface area contributed by atoms with E-state index in [9.17, 15) is 27.2 Å². The van der Waals surface area contributed by atoms with E-state index in [0.717, 1.165) is 12.5 Å². The van der Waals surface area contributed by atoms with E-state index in [1.807, 2.05) is 6.92 Å². The van der Waals surface area contributed by atoms with Crippen molar-refractivity contribution in [2.45, 2.75) is 32.5 Å². The summed E-state index contributed by atoms with van der Waals surface area (Å²) in [6.45, 7) is 2.47. The van der Waals surface area contributed by atoms with Crippen LogP contribution in [0.5, 0.6) is 0 Å². The summed E-state index contributed by atoms with van der Waals surface area (Å²) < 4.78 is 53.6. The lowest BCUT2D eigenvalue weighted by Gasteiger charge is -2.13. The van der Waals surface area contributed by atoms with Crippen LogP contribution >= 0.6 is 11.6 Å². The molecule has 0 aliphatic carbocycles. The van der Waals surface area contributed by atoms with Gasteiger partial charge >= 0.3 is 6.18 Å². The summed E-state index contributed by atoms with van der Waals surface area (Å²) in [4.78, 5) is 25.0. The third-order valence-corrected chi connectivity index (χ3v) is 4.85. The molecule has 30 heavy (non-hydrogen) atoms. The lowest BCUT2D eigenvalue weighted by molar-refractivity contribution is -0.140. The SMILES string of the molecule is CCCn1ccc2c(NC(=O)Cc3ccc(F)c(C(F)(F)F)c3)c(Cl)ccc2c1=O. The number of rotatable bonds is 5.